The Morgan fingerprint density at radius 3 is 2.67 bits per heavy atom. The maximum atomic E-state index is 11.9. The molecule has 0 saturated carbocycles. The number of para-hydroxylation sites is 1. The van der Waals surface area contributed by atoms with Crippen LogP contribution in [0.15, 0.2) is 59.1 Å². The lowest BCUT2D eigenvalue weighted by atomic mass is 10.2. The third kappa shape index (κ3) is 3.56. The van der Waals surface area contributed by atoms with Crippen molar-refractivity contribution in [3.8, 4) is 0 Å². The molecule has 0 spiro atoms. The summed E-state index contributed by atoms with van der Waals surface area (Å²) in [7, 11) is 0. The molecule has 1 amide bonds. The summed E-state index contributed by atoms with van der Waals surface area (Å²) in [5.74, 6) is -0.183. The summed E-state index contributed by atoms with van der Waals surface area (Å²) in [5.41, 5.74) is 1.87. The number of benzene rings is 2. The number of carbonyl (C=O) groups excluding carboxylic acids is 1. The van der Waals surface area contributed by atoms with Crippen molar-refractivity contribution < 1.29 is 4.79 Å². The van der Waals surface area contributed by atoms with Gasteiger partial charge in [-0.2, -0.15) is 0 Å². The molecule has 3 rings (SSSR count). The van der Waals surface area contributed by atoms with E-state index in [2.05, 4.69) is 26.2 Å². The van der Waals surface area contributed by atoms with Crippen LogP contribution in [0.5, 0.6) is 0 Å². The van der Waals surface area contributed by atoms with E-state index < -0.39 is 0 Å². The molecule has 0 aliphatic heterocycles. The number of rotatable bonds is 3. The Bertz CT molecular complexity index is 776. The second-order valence-electron chi connectivity index (χ2n) is 4.36. The second-order valence-corrected chi connectivity index (χ2v) is 6.31. The summed E-state index contributed by atoms with van der Waals surface area (Å²) in [6.45, 7) is 0. The van der Waals surface area contributed by atoms with Crippen molar-refractivity contribution in [1.29, 1.82) is 0 Å². The molecule has 2 aromatic carbocycles. The number of amides is 1. The van der Waals surface area contributed by atoms with Gasteiger partial charge in [0.25, 0.3) is 0 Å². The van der Waals surface area contributed by atoms with E-state index in [1.165, 1.54) is 17.4 Å². The van der Waals surface area contributed by atoms with Crippen LogP contribution in [0.3, 0.4) is 0 Å². The quantitative estimate of drug-likeness (QED) is 0.688. The van der Waals surface area contributed by atoms with Crippen LogP contribution in [0.1, 0.15) is 5.56 Å². The Balaban J connectivity index is 1.69. The lowest BCUT2D eigenvalue weighted by molar-refractivity contribution is -0.111. The topological polar surface area (TPSA) is 42.0 Å². The third-order valence-electron chi connectivity index (χ3n) is 2.82. The van der Waals surface area contributed by atoms with Crippen LogP contribution in [-0.2, 0) is 4.79 Å². The molecule has 1 N–H and O–H groups in total. The normalized spacial score (nSPS) is 11.1. The molecule has 0 atom stereocenters. The smallest absolute Gasteiger partial charge is 0.250 e. The average Bonchev–Trinajstić information content (AvgIpc) is 2.88. The molecule has 0 bridgehead atoms. The van der Waals surface area contributed by atoms with Gasteiger partial charge in [0.2, 0.25) is 5.91 Å². The minimum absolute atomic E-state index is 0.183. The molecule has 3 nitrogen and oxygen atoms in total. The molecule has 0 fully saturated rings. The highest BCUT2D eigenvalue weighted by Crippen LogP contribution is 2.25. The summed E-state index contributed by atoms with van der Waals surface area (Å²) in [6, 6.07) is 15.5. The summed E-state index contributed by atoms with van der Waals surface area (Å²) in [4.78, 5) is 16.3. The zero-order valence-electron chi connectivity index (χ0n) is 10.9. The van der Waals surface area contributed by atoms with Gasteiger partial charge < -0.3 is 0 Å². The molecule has 0 aliphatic carbocycles. The van der Waals surface area contributed by atoms with Crippen molar-refractivity contribution >= 4 is 54.6 Å². The zero-order chi connectivity index (χ0) is 14.7. The first-order valence-electron chi connectivity index (χ1n) is 6.31. The molecule has 3 aromatic rings. The van der Waals surface area contributed by atoms with Crippen molar-refractivity contribution in [2.24, 2.45) is 0 Å². The minimum atomic E-state index is -0.183. The summed E-state index contributed by atoms with van der Waals surface area (Å²) >= 11 is 4.84. The van der Waals surface area contributed by atoms with E-state index in [1.807, 2.05) is 48.5 Å². The highest BCUT2D eigenvalue weighted by Gasteiger charge is 2.04. The number of thiazole rings is 1. The molecule has 104 valence electrons. The van der Waals surface area contributed by atoms with Crippen LogP contribution in [-0.4, -0.2) is 10.9 Å². The standard InChI is InChI=1S/C16H11BrN2OS/c17-12-8-5-11(6-9-12)7-10-15(20)19-16-18-13-3-1-2-4-14(13)21-16/h1-10H,(H,18,19,20). The molecule has 1 aromatic heterocycles. The Morgan fingerprint density at radius 1 is 1.14 bits per heavy atom. The molecule has 0 unspecified atom stereocenters. The molecule has 0 radical (unpaired) electrons. The number of nitrogens with one attached hydrogen (secondary N) is 1. The maximum Gasteiger partial charge on any atom is 0.250 e. The van der Waals surface area contributed by atoms with Crippen LogP contribution >= 0.6 is 27.3 Å². The van der Waals surface area contributed by atoms with E-state index in [1.54, 1.807) is 6.08 Å². The largest absolute Gasteiger partial charge is 0.298 e. The molecular formula is C16H11BrN2OS. The van der Waals surface area contributed by atoms with Crippen molar-refractivity contribution in [2.75, 3.05) is 5.32 Å². The lowest BCUT2D eigenvalue weighted by Crippen LogP contribution is -2.07. The summed E-state index contributed by atoms with van der Waals surface area (Å²) < 4.78 is 2.07. The Morgan fingerprint density at radius 2 is 1.90 bits per heavy atom. The van der Waals surface area contributed by atoms with Gasteiger partial charge in [-0.25, -0.2) is 4.98 Å². The predicted octanol–water partition coefficient (Wildman–Crippen LogP) is 4.71. The highest BCUT2D eigenvalue weighted by molar-refractivity contribution is 9.10. The summed E-state index contributed by atoms with van der Waals surface area (Å²) in [5, 5.41) is 3.40. The fraction of sp³-hybridized carbons (Fsp3) is 0. The van der Waals surface area contributed by atoms with Crippen molar-refractivity contribution in [3.63, 3.8) is 0 Å². The van der Waals surface area contributed by atoms with Gasteiger partial charge in [0.1, 0.15) is 0 Å². The fourth-order valence-electron chi connectivity index (χ4n) is 1.82. The molecular weight excluding hydrogens is 348 g/mol. The average molecular weight is 359 g/mol. The predicted molar refractivity (Wildman–Crippen MR) is 91.4 cm³/mol. The van der Waals surface area contributed by atoms with E-state index in [9.17, 15) is 4.79 Å². The van der Waals surface area contributed by atoms with Gasteiger partial charge in [-0.15, -0.1) is 0 Å². The Labute approximate surface area is 134 Å². The molecule has 1 heterocycles. The third-order valence-corrected chi connectivity index (χ3v) is 4.30. The molecule has 21 heavy (non-hydrogen) atoms. The van der Waals surface area contributed by atoms with Crippen LogP contribution in [0.2, 0.25) is 0 Å². The van der Waals surface area contributed by atoms with Gasteiger partial charge in [0, 0.05) is 10.5 Å². The van der Waals surface area contributed by atoms with Crippen molar-refractivity contribution in [1.82, 2.24) is 4.98 Å². The fourth-order valence-corrected chi connectivity index (χ4v) is 2.95. The highest BCUT2D eigenvalue weighted by atomic mass is 79.9. The SMILES string of the molecule is O=C(C=Cc1ccc(Br)cc1)Nc1nc2ccccc2s1. The number of anilines is 1. The monoisotopic (exact) mass is 358 g/mol. The van der Waals surface area contributed by atoms with Crippen molar-refractivity contribution in [3.05, 3.63) is 64.6 Å². The number of hydrogen-bond donors (Lipinski definition) is 1. The van der Waals surface area contributed by atoms with Crippen LogP contribution in [0.25, 0.3) is 16.3 Å². The van der Waals surface area contributed by atoms with Gasteiger partial charge in [-0.3, -0.25) is 10.1 Å². The van der Waals surface area contributed by atoms with Crippen LogP contribution in [0, 0.1) is 0 Å². The maximum absolute atomic E-state index is 11.9. The minimum Gasteiger partial charge on any atom is -0.298 e. The molecule has 5 heteroatoms. The summed E-state index contributed by atoms with van der Waals surface area (Å²) in [6.07, 6.45) is 3.28. The van der Waals surface area contributed by atoms with E-state index in [0.29, 0.717) is 5.13 Å². The van der Waals surface area contributed by atoms with E-state index in [0.717, 1.165) is 20.3 Å². The lowest BCUT2D eigenvalue weighted by Gasteiger charge is -1.96. The first-order valence-corrected chi connectivity index (χ1v) is 7.92. The van der Waals surface area contributed by atoms with Gasteiger partial charge in [0.05, 0.1) is 10.2 Å². The number of fused-ring (bicyclic) bond motifs is 1. The number of hydrogen-bond acceptors (Lipinski definition) is 3. The second kappa shape index (κ2) is 6.20. The molecule has 0 aliphatic rings. The van der Waals surface area contributed by atoms with Crippen molar-refractivity contribution in [2.45, 2.75) is 0 Å². The molecule has 0 saturated heterocycles. The first-order chi connectivity index (χ1) is 10.2. The Kier molecular flexibility index (Phi) is 4.13. The van der Waals surface area contributed by atoms with Crippen LogP contribution in [0.4, 0.5) is 5.13 Å². The first kappa shape index (κ1) is 14.0. The van der Waals surface area contributed by atoms with Gasteiger partial charge in [0.15, 0.2) is 5.13 Å². The van der Waals surface area contributed by atoms with E-state index in [4.69, 9.17) is 0 Å². The number of aromatic nitrogens is 1. The zero-order valence-corrected chi connectivity index (χ0v) is 13.3. The Hall–Kier alpha value is -1.98. The van der Waals surface area contributed by atoms with Crippen LogP contribution < -0.4 is 5.32 Å². The van der Waals surface area contributed by atoms with E-state index in [-0.39, 0.29) is 5.91 Å². The van der Waals surface area contributed by atoms with Gasteiger partial charge >= 0.3 is 0 Å². The van der Waals surface area contributed by atoms with Gasteiger partial charge in [-0.05, 0) is 35.9 Å². The van der Waals surface area contributed by atoms with Gasteiger partial charge in [-0.1, -0.05) is 51.5 Å². The number of halogens is 1. The number of nitrogens with zero attached hydrogens (tertiary/aromatic N) is 1. The van der Waals surface area contributed by atoms with E-state index >= 15 is 0 Å². The number of carbonyl (C=O) groups is 1.